The summed E-state index contributed by atoms with van der Waals surface area (Å²) in [5.41, 5.74) is 0.574. The van der Waals surface area contributed by atoms with Crippen molar-refractivity contribution >= 4 is 34.2 Å². The van der Waals surface area contributed by atoms with Crippen LogP contribution in [-0.2, 0) is 23.2 Å². The Bertz CT molecular complexity index is 1270. The van der Waals surface area contributed by atoms with E-state index in [4.69, 9.17) is 4.74 Å². The number of ether oxygens (including phenoxy) is 1. The van der Waals surface area contributed by atoms with E-state index in [1.54, 1.807) is 38.1 Å². The van der Waals surface area contributed by atoms with Gasteiger partial charge in [-0.3, -0.25) is 19.0 Å². The molecule has 0 aliphatic carbocycles. The fourth-order valence-corrected chi connectivity index (χ4v) is 3.17. The van der Waals surface area contributed by atoms with Gasteiger partial charge in [0.2, 0.25) is 11.8 Å². The Kier molecular flexibility index (Phi) is 6.19. The number of rotatable bonds is 6. The van der Waals surface area contributed by atoms with E-state index >= 15 is 0 Å². The molecule has 0 aliphatic rings. The average Bonchev–Trinajstić information content (AvgIpc) is 2.72. The molecule has 10 heteroatoms. The third-order valence-electron chi connectivity index (χ3n) is 4.56. The summed E-state index contributed by atoms with van der Waals surface area (Å²) in [7, 11) is 1.48. The van der Waals surface area contributed by atoms with Crippen molar-refractivity contribution in [1.29, 1.82) is 0 Å². The van der Waals surface area contributed by atoms with E-state index in [2.05, 4.69) is 15.6 Å². The van der Waals surface area contributed by atoms with Crippen molar-refractivity contribution in [1.82, 2.24) is 14.1 Å². The van der Waals surface area contributed by atoms with Crippen LogP contribution in [0.25, 0.3) is 11.0 Å². The maximum Gasteiger partial charge on any atom is 0.332 e. The summed E-state index contributed by atoms with van der Waals surface area (Å²) in [5, 5.41) is 5.41. The summed E-state index contributed by atoms with van der Waals surface area (Å²) in [6, 6.07) is 6.46. The van der Waals surface area contributed by atoms with Crippen molar-refractivity contribution < 1.29 is 14.3 Å². The second-order valence-corrected chi connectivity index (χ2v) is 6.94. The quantitative estimate of drug-likeness (QED) is 0.615. The number of hydrogen-bond acceptors (Lipinski definition) is 6. The fourth-order valence-electron chi connectivity index (χ4n) is 3.17. The number of carbonyl (C=O) groups excluding carboxylic acids is 2. The van der Waals surface area contributed by atoms with Crippen LogP contribution in [0.1, 0.15) is 19.4 Å². The van der Waals surface area contributed by atoms with Crippen LogP contribution in [0.5, 0.6) is 5.75 Å². The van der Waals surface area contributed by atoms with Crippen LogP contribution in [0.15, 0.2) is 40.1 Å². The van der Waals surface area contributed by atoms with Gasteiger partial charge in [0.05, 0.1) is 6.61 Å². The minimum absolute atomic E-state index is 0.149. The molecule has 0 radical (unpaired) electrons. The van der Waals surface area contributed by atoms with Crippen LogP contribution >= 0.6 is 0 Å². The van der Waals surface area contributed by atoms with Crippen molar-refractivity contribution in [3.8, 4) is 5.75 Å². The molecule has 2 N–H and O–H groups in total. The molecule has 0 spiro atoms. The molecule has 10 nitrogen and oxygen atoms in total. The molecule has 1 aromatic carbocycles. The van der Waals surface area contributed by atoms with E-state index in [0.717, 1.165) is 4.57 Å². The molecular formula is C21H23N5O5. The normalized spacial score (nSPS) is 10.7. The van der Waals surface area contributed by atoms with Crippen molar-refractivity contribution in [2.75, 3.05) is 17.2 Å². The topological polar surface area (TPSA) is 124 Å². The van der Waals surface area contributed by atoms with Crippen molar-refractivity contribution in [3.63, 3.8) is 0 Å². The Morgan fingerprint density at radius 1 is 1.10 bits per heavy atom. The van der Waals surface area contributed by atoms with Crippen molar-refractivity contribution in [2.24, 2.45) is 7.05 Å². The zero-order chi connectivity index (χ0) is 22.7. The Morgan fingerprint density at radius 3 is 2.29 bits per heavy atom. The number of fused-ring (bicyclic) bond motifs is 1. The second kappa shape index (κ2) is 8.82. The number of anilines is 2. The lowest BCUT2D eigenvalue weighted by Crippen LogP contribution is -2.42. The first-order valence-corrected chi connectivity index (χ1v) is 9.62. The largest absolute Gasteiger partial charge is 0.493 e. The van der Waals surface area contributed by atoms with Crippen LogP contribution in [-0.4, -0.2) is 32.5 Å². The molecule has 0 aliphatic heterocycles. The zero-order valence-electron chi connectivity index (χ0n) is 17.7. The van der Waals surface area contributed by atoms with Gasteiger partial charge >= 0.3 is 5.69 Å². The lowest BCUT2D eigenvalue weighted by atomic mass is 10.2. The molecule has 0 fully saturated rings. The van der Waals surface area contributed by atoms with Crippen LogP contribution < -0.4 is 26.6 Å². The summed E-state index contributed by atoms with van der Waals surface area (Å²) in [4.78, 5) is 53.6. The standard InChI is InChI=1S/C21H23N5O5/c1-5-31-18-12(2)10-22-19-17(18)20(29)26(21(30)25(19)4)11-16(28)24-15-8-6-14(7-9-15)23-13(3)27/h6-10H,5,11H2,1-4H3,(H,23,27)(H,24,28). The molecular weight excluding hydrogens is 402 g/mol. The van der Waals surface area contributed by atoms with Gasteiger partial charge in [-0.05, 0) is 38.1 Å². The predicted octanol–water partition coefficient (Wildman–Crippen LogP) is 1.40. The van der Waals surface area contributed by atoms with Gasteiger partial charge in [-0.1, -0.05) is 0 Å². The molecule has 3 rings (SSSR count). The zero-order valence-corrected chi connectivity index (χ0v) is 17.7. The molecule has 162 valence electrons. The number of carbonyl (C=O) groups is 2. The van der Waals surface area contributed by atoms with E-state index in [1.165, 1.54) is 24.7 Å². The van der Waals surface area contributed by atoms with Crippen molar-refractivity contribution in [3.05, 3.63) is 56.9 Å². The second-order valence-electron chi connectivity index (χ2n) is 6.94. The number of aryl methyl sites for hydroxylation is 2. The monoisotopic (exact) mass is 425 g/mol. The molecule has 3 aromatic rings. The maximum atomic E-state index is 13.1. The molecule has 2 heterocycles. The van der Waals surface area contributed by atoms with Crippen LogP contribution in [0.2, 0.25) is 0 Å². The van der Waals surface area contributed by atoms with Gasteiger partial charge in [0.1, 0.15) is 17.7 Å². The Labute approximate surface area is 177 Å². The molecule has 0 saturated heterocycles. The molecule has 0 unspecified atom stereocenters. The molecule has 0 atom stereocenters. The number of hydrogen-bond donors (Lipinski definition) is 2. The highest BCUT2D eigenvalue weighted by Crippen LogP contribution is 2.24. The highest BCUT2D eigenvalue weighted by atomic mass is 16.5. The minimum atomic E-state index is -0.660. The van der Waals surface area contributed by atoms with Crippen LogP contribution in [0.3, 0.4) is 0 Å². The molecule has 2 amide bonds. The van der Waals surface area contributed by atoms with E-state index in [9.17, 15) is 19.2 Å². The summed E-state index contributed by atoms with van der Waals surface area (Å²) in [6.45, 7) is 4.79. The molecule has 0 bridgehead atoms. The lowest BCUT2D eigenvalue weighted by molar-refractivity contribution is -0.117. The number of pyridine rings is 1. The number of amides is 2. The lowest BCUT2D eigenvalue weighted by Gasteiger charge is -2.14. The van der Waals surface area contributed by atoms with E-state index in [0.29, 0.717) is 29.3 Å². The smallest absolute Gasteiger partial charge is 0.332 e. The third kappa shape index (κ3) is 4.47. The van der Waals surface area contributed by atoms with Gasteiger partial charge in [0.25, 0.3) is 5.56 Å². The fraction of sp³-hybridized carbons (Fsp3) is 0.286. The van der Waals surface area contributed by atoms with Crippen molar-refractivity contribution in [2.45, 2.75) is 27.3 Å². The Morgan fingerprint density at radius 2 is 1.71 bits per heavy atom. The minimum Gasteiger partial charge on any atom is -0.493 e. The SMILES string of the molecule is CCOc1c(C)cnc2c1c(=O)n(CC(=O)Nc1ccc(NC(C)=O)cc1)c(=O)n2C. The first-order valence-electron chi connectivity index (χ1n) is 9.62. The summed E-state index contributed by atoms with van der Waals surface area (Å²) in [6.07, 6.45) is 1.54. The molecule has 31 heavy (non-hydrogen) atoms. The van der Waals surface area contributed by atoms with E-state index in [-0.39, 0.29) is 16.9 Å². The number of benzene rings is 1. The van der Waals surface area contributed by atoms with Gasteiger partial charge in [-0.15, -0.1) is 0 Å². The number of nitrogens with zero attached hydrogens (tertiary/aromatic N) is 3. The molecule has 0 saturated carbocycles. The Balaban J connectivity index is 1.94. The Hall–Kier alpha value is -3.95. The summed E-state index contributed by atoms with van der Waals surface area (Å²) < 4.78 is 7.69. The number of aromatic nitrogens is 3. The van der Waals surface area contributed by atoms with Gasteiger partial charge in [-0.2, -0.15) is 0 Å². The maximum absolute atomic E-state index is 13.1. The first-order chi connectivity index (χ1) is 14.7. The van der Waals surface area contributed by atoms with Gasteiger partial charge in [0, 0.05) is 37.1 Å². The van der Waals surface area contributed by atoms with Crippen LogP contribution in [0, 0.1) is 6.92 Å². The average molecular weight is 425 g/mol. The first kappa shape index (κ1) is 21.8. The van der Waals surface area contributed by atoms with Crippen LogP contribution in [0.4, 0.5) is 11.4 Å². The van der Waals surface area contributed by atoms with E-state index in [1.807, 2.05) is 0 Å². The highest BCUT2D eigenvalue weighted by Gasteiger charge is 2.19. The van der Waals surface area contributed by atoms with E-state index < -0.39 is 23.7 Å². The number of nitrogens with one attached hydrogen (secondary N) is 2. The third-order valence-corrected chi connectivity index (χ3v) is 4.56. The summed E-state index contributed by atoms with van der Waals surface area (Å²) in [5.74, 6) is -0.417. The van der Waals surface area contributed by atoms with Gasteiger partial charge in [-0.25, -0.2) is 14.3 Å². The highest BCUT2D eigenvalue weighted by molar-refractivity contribution is 5.92. The van der Waals surface area contributed by atoms with Gasteiger partial charge < -0.3 is 15.4 Å². The molecule has 2 aromatic heterocycles. The van der Waals surface area contributed by atoms with Gasteiger partial charge in [0.15, 0.2) is 5.65 Å². The summed E-state index contributed by atoms with van der Waals surface area (Å²) >= 11 is 0. The predicted molar refractivity (Wildman–Crippen MR) is 117 cm³/mol.